The summed E-state index contributed by atoms with van der Waals surface area (Å²) in [6.45, 7) is -0.354. The third-order valence-electron chi connectivity index (χ3n) is 1.42. The molecule has 1 saturated heterocycles. The molecule has 1 fully saturated rings. The number of aliphatic hydroxyl groups is 1. The lowest BCUT2D eigenvalue weighted by atomic mass is 10.0. The summed E-state index contributed by atoms with van der Waals surface area (Å²) in [5, 5.41) is 18.6. The summed E-state index contributed by atoms with van der Waals surface area (Å²) in [5.41, 5.74) is -1.18. The minimum atomic E-state index is -1.18. The maximum Gasteiger partial charge on any atom is 0.290 e. The zero-order valence-electron chi connectivity index (χ0n) is 4.74. The lowest BCUT2D eigenvalue weighted by Gasteiger charge is -2.30. The van der Waals surface area contributed by atoms with Crippen LogP contribution in [0.25, 0.3) is 0 Å². The molecule has 1 rings (SSSR count). The van der Waals surface area contributed by atoms with Crippen LogP contribution in [0.3, 0.4) is 0 Å². The number of aliphatic hydroxyl groups excluding tert-OH is 1. The normalized spacial score (nSPS) is 22.8. The Hall–Kier alpha value is -0.680. The molecule has 1 aliphatic heterocycles. The van der Waals surface area contributed by atoms with Crippen molar-refractivity contribution in [2.24, 2.45) is 0 Å². The average Bonchev–Trinajstić information content (AvgIpc) is 1.62. The van der Waals surface area contributed by atoms with Gasteiger partial charge in [-0.1, -0.05) is 0 Å². The highest BCUT2D eigenvalue weighted by Crippen LogP contribution is 2.19. The molecular formula is C4H7NO4. The van der Waals surface area contributed by atoms with Crippen molar-refractivity contribution in [3.8, 4) is 0 Å². The fourth-order valence-electron chi connectivity index (χ4n) is 0.592. The molecule has 0 unspecified atom stereocenters. The minimum absolute atomic E-state index is 0.0382. The molecule has 0 saturated carbocycles. The van der Waals surface area contributed by atoms with Crippen LogP contribution >= 0.6 is 0 Å². The van der Waals surface area contributed by atoms with Crippen molar-refractivity contribution in [2.75, 3.05) is 19.8 Å². The first-order valence-corrected chi connectivity index (χ1v) is 2.54. The summed E-state index contributed by atoms with van der Waals surface area (Å²) < 4.78 is 4.59. The number of rotatable bonds is 2. The quantitative estimate of drug-likeness (QED) is 0.388. The SMILES string of the molecule is O=[N+]([O-])C1(CO)COC1. The van der Waals surface area contributed by atoms with Gasteiger partial charge in [0, 0.05) is 4.92 Å². The molecule has 1 aliphatic rings. The Morgan fingerprint density at radius 2 is 2.33 bits per heavy atom. The maximum absolute atomic E-state index is 10.1. The Morgan fingerprint density at radius 3 is 2.33 bits per heavy atom. The highest BCUT2D eigenvalue weighted by atomic mass is 16.7. The summed E-state index contributed by atoms with van der Waals surface area (Å²) in [7, 11) is 0. The summed E-state index contributed by atoms with van der Waals surface area (Å²) in [4.78, 5) is 9.61. The Bertz CT molecular complexity index is 125. The second kappa shape index (κ2) is 1.93. The van der Waals surface area contributed by atoms with Gasteiger partial charge in [0.25, 0.3) is 5.54 Å². The maximum atomic E-state index is 10.1. The van der Waals surface area contributed by atoms with Gasteiger partial charge in [-0.25, -0.2) is 0 Å². The van der Waals surface area contributed by atoms with Gasteiger partial charge in [-0.2, -0.15) is 0 Å². The van der Waals surface area contributed by atoms with Gasteiger partial charge in [-0.05, 0) is 0 Å². The summed E-state index contributed by atoms with van der Waals surface area (Å²) in [6, 6.07) is 0. The number of hydrogen-bond donors (Lipinski definition) is 1. The van der Waals surface area contributed by atoms with Gasteiger partial charge in [0.2, 0.25) is 0 Å². The zero-order chi connectivity index (χ0) is 6.91. The lowest BCUT2D eigenvalue weighted by Crippen LogP contribution is -2.58. The Balaban J connectivity index is 2.57. The number of nitro groups is 1. The fourth-order valence-corrected chi connectivity index (χ4v) is 0.592. The first kappa shape index (κ1) is 6.44. The molecule has 0 atom stereocenters. The van der Waals surface area contributed by atoms with E-state index in [-0.39, 0.29) is 13.2 Å². The predicted octanol–water partition coefficient (Wildman–Crippen LogP) is -0.976. The first-order chi connectivity index (χ1) is 4.21. The molecule has 5 heteroatoms. The molecule has 1 N–H and O–H groups in total. The van der Waals surface area contributed by atoms with E-state index < -0.39 is 17.1 Å². The molecule has 0 aliphatic carbocycles. The van der Waals surface area contributed by atoms with Crippen molar-refractivity contribution in [3.05, 3.63) is 10.1 Å². The Morgan fingerprint density at radius 1 is 1.78 bits per heavy atom. The average molecular weight is 133 g/mol. The molecule has 0 amide bonds. The molecule has 0 aromatic carbocycles. The first-order valence-electron chi connectivity index (χ1n) is 2.54. The van der Waals surface area contributed by atoms with E-state index in [2.05, 4.69) is 4.74 Å². The second-order valence-corrected chi connectivity index (χ2v) is 2.13. The molecule has 1 heterocycles. The van der Waals surface area contributed by atoms with Gasteiger partial charge < -0.3 is 9.84 Å². The molecule has 5 nitrogen and oxygen atoms in total. The number of nitrogens with zero attached hydrogens (tertiary/aromatic N) is 1. The molecular weight excluding hydrogens is 126 g/mol. The molecule has 52 valence electrons. The van der Waals surface area contributed by atoms with Crippen molar-refractivity contribution in [1.82, 2.24) is 0 Å². The molecule has 0 aromatic heterocycles. The third kappa shape index (κ3) is 0.778. The van der Waals surface area contributed by atoms with E-state index in [1.807, 2.05) is 0 Å². The standard InChI is InChI=1S/C4H7NO4/c6-1-4(5(7)8)2-9-3-4/h6H,1-3H2. The summed E-state index contributed by atoms with van der Waals surface area (Å²) in [6.07, 6.45) is 0. The van der Waals surface area contributed by atoms with Crippen molar-refractivity contribution >= 4 is 0 Å². The van der Waals surface area contributed by atoms with E-state index in [1.54, 1.807) is 0 Å². The van der Waals surface area contributed by atoms with Crippen LogP contribution in [0.1, 0.15) is 0 Å². The smallest absolute Gasteiger partial charge is 0.290 e. The van der Waals surface area contributed by atoms with Gasteiger partial charge in [0.15, 0.2) is 0 Å². The van der Waals surface area contributed by atoms with Gasteiger partial charge in [0.1, 0.15) is 19.8 Å². The minimum Gasteiger partial charge on any atom is -0.389 e. The van der Waals surface area contributed by atoms with Gasteiger partial charge in [0.05, 0.1) is 0 Å². The van der Waals surface area contributed by atoms with Gasteiger partial charge in [-0.3, -0.25) is 10.1 Å². The van der Waals surface area contributed by atoms with E-state index in [0.717, 1.165) is 0 Å². The van der Waals surface area contributed by atoms with Crippen LogP contribution in [0, 0.1) is 10.1 Å². The lowest BCUT2D eigenvalue weighted by molar-refractivity contribution is -0.606. The van der Waals surface area contributed by atoms with Crippen LogP contribution in [0.2, 0.25) is 0 Å². The molecule has 0 bridgehead atoms. The molecule has 0 radical (unpaired) electrons. The summed E-state index contributed by atoms with van der Waals surface area (Å²) >= 11 is 0. The van der Waals surface area contributed by atoms with Crippen molar-refractivity contribution in [1.29, 1.82) is 0 Å². The summed E-state index contributed by atoms with van der Waals surface area (Å²) in [5.74, 6) is 0. The molecule has 9 heavy (non-hydrogen) atoms. The Kier molecular flexibility index (Phi) is 1.38. The van der Waals surface area contributed by atoms with Crippen LogP contribution in [-0.4, -0.2) is 35.4 Å². The topological polar surface area (TPSA) is 72.6 Å². The van der Waals surface area contributed by atoms with Crippen LogP contribution < -0.4 is 0 Å². The van der Waals surface area contributed by atoms with E-state index in [0.29, 0.717) is 0 Å². The van der Waals surface area contributed by atoms with Crippen LogP contribution in [0.15, 0.2) is 0 Å². The molecule has 0 aromatic rings. The van der Waals surface area contributed by atoms with Crippen molar-refractivity contribution in [2.45, 2.75) is 5.54 Å². The highest BCUT2D eigenvalue weighted by molar-refractivity contribution is 4.84. The van der Waals surface area contributed by atoms with E-state index in [4.69, 9.17) is 5.11 Å². The van der Waals surface area contributed by atoms with Crippen molar-refractivity contribution < 1.29 is 14.8 Å². The van der Waals surface area contributed by atoms with E-state index in [1.165, 1.54) is 0 Å². The van der Waals surface area contributed by atoms with Crippen LogP contribution in [0.5, 0.6) is 0 Å². The largest absolute Gasteiger partial charge is 0.389 e. The van der Waals surface area contributed by atoms with Gasteiger partial charge >= 0.3 is 0 Å². The number of hydrogen-bond acceptors (Lipinski definition) is 4. The van der Waals surface area contributed by atoms with Crippen molar-refractivity contribution in [3.63, 3.8) is 0 Å². The monoisotopic (exact) mass is 133 g/mol. The highest BCUT2D eigenvalue weighted by Gasteiger charge is 2.50. The fraction of sp³-hybridized carbons (Fsp3) is 1.00. The predicted molar refractivity (Wildman–Crippen MR) is 27.6 cm³/mol. The Labute approximate surface area is 51.4 Å². The van der Waals surface area contributed by atoms with E-state index >= 15 is 0 Å². The zero-order valence-corrected chi connectivity index (χ0v) is 4.74. The second-order valence-electron chi connectivity index (χ2n) is 2.13. The van der Waals surface area contributed by atoms with E-state index in [9.17, 15) is 10.1 Å². The van der Waals surface area contributed by atoms with Crippen LogP contribution in [0.4, 0.5) is 0 Å². The van der Waals surface area contributed by atoms with Crippen LogP contribution in [-0.2, 0) is 4.74 Å². The number of ether oxygens (including phenoxy) is 1. The molecule has 0 spiro atoms. The van der Waals surface area contributed by atoms with Gasteiger partial charge in [-0.15, -0.1) is 0 Å². The third-order valence-corrected chi connectivity index (χ3v) is 1.42.